The van der Waals surface area contributed by atoms with Gasteiger partial charge in [-0.2, -0.15) is 0 Å². The summed E-state index contributed by atoms with van der Waals surface area (Å²) in [6.07, 6.45) is 0. The van der Waals surface area contributed by atoms with Crippen molar-refractivity contribution in [3.8, 4) is 0 Å². The number of hydrogen-bond acceptors (Lipinski definition) is 3. The van der Waals surface area contributed by atoms with Gasteiger partial charge in [-0.25, -0.2) is 4.39 Å². The number of hydrogen-bond donors (Lipinski definition) is 1. The molecule has 0 spiro atoms. The van der Waals surface area contributed by atoms with E-state index in [-0.39, 0.29) is 17.8 Å². The Morgan fingerprint density at radius 3 is 2.54 bits per heavy atom. The van der Waals surface area contributed by atoms with Gasteiger partial charge in [0, 0.05) is 25.8 Å². The Bertz CT molecular complexity index is 684. The van der Waals surface area contributed by atoms with Crippen molar-refractivity contribution in [2.24, 2.45) is 0 Å². The SMILES string of the molecule is CC1=C(C(=O)N2CCOCC2)[C@H](c2ccc(F)cc2)NC(=S)N1C. The molecule has 0 aliphatic carbocycles. The van der Waals surface area contributed by atoms with Crippen LogP contribution >= 0.6 is 12.2 Å². The molecule has 24 heavy (non-hydrogen) atoms. The van der Waals surface area contributed by atoms with Crippen molar-refractivity contribution in [2.45, 2.75) is 13.0 Å². The van der Waals surface area contributed by atoms with Crippen LogP contribution < -0.4 is 5.32 Å². The molecule has 5 nitrogen and oxygen atoms in total. The van der Waals surface area contributed by atoms with Crippen LogP contribution in [0.5, 0.6) is 0 Å². The molecule has 0 radical (unpaired) electrons. The monoisotopic (exact) mass is 349 g/mol. The molecule has 1 N–H and O–H groups in total. The lowest BCUT2D eigenvalue weighted by Crippen LogP contribution is -2.50. The minimum atomic E-state index is -0.385. The van der Waals surface area contributed by atoms with Gasteiger partial charge >= 0.3 is 0 Å². The second-order valence-corrected chi connectivity index (χ2v) is 6.28. The summed E-state index contributed by atoms with van der Waals surface area (Å²) in [6.45, 7) is 4.11. The molecule has 3 rings (SSSR count). The third kappa shape index (κ3) is 3.14. The van der Waals surface area contributed by atoms with Gasteiger partial charge in [0.05, 0.1) is 24.8 Å². The molecule has 1 aromatic rings. The van der Waals surface area contributed by atoms with E-state index < -0.39 is 0 Å². The first-order chi connectivity index (χ1) is 11.5. The molecule has 2 heterocycles. The molecular formula is C17H20FN3O2S. The Morgan fingerprint density at radius 2 is 1.92 bits per heavy atom. The van der Waals surface area contributed by atoms with Crippen molar-refractivity contribution in [1.29, 1.82) is 0 Å². The molecule has 7 heteroatoms. The Kier molecular flexibility index (Phi) is 4.82. The number of rotatable bonds is 2. The number of benzene rings is 1. The Hall–Kier alpha value is -1.99. The molecule has 1 aromatic carbocycles. The zero-order valence-electron chi connectivity index (χ0n) is 13.7. The summed E-state index contributed by atoms with van der Waals surface area (Å²) in [6, 6.07) is 5.76. The van der Waals surface area contributed by atoms with Crippen molar-refractivity contribution in [2.75, 3.05) is 33.4 Å². The molecule has 1 atom stereocenters. The van der Waals surface area contributed by atoms with E-state index in [0.717, 1.165) is 11.3 Å². The summed E-state index contributed by atoms with van der Waals surface area (Å²) in [4.78, 5) is 16.7. The molecule has 0 saturated carbocycles. The normalized spacial score (nSPS) is 21.8. The zero-order chi connectivity index (χ0) is 17.3. The van der Waals surface area contributed by atoms with Gasteiger partial charge in [-0.1, -0.05) is 12.1 Å². The average Bonchev–Trinajstić information content (AvgIpc) is 2.60. The lowest BCUT2D eigenvalue weighted by Gasteiger charge is -2.38. The minimum Gasteiger partial charge on any atom is -0.378 e. The summed E-state index contributed by atoms with van der Waals surface area (Å²) >= 11 is 5.37. The van der Waals surface area contributed by atoms with Crippen LogP contribution in [-0.4, -0.2) is 54.2 Å². The summed E-state index contributed by atoms with van der Waals surface area (Å²) in [5.41, 5.74) is 2.26. The van der Waals surface area contributed by atoms with Crippen LogP contribution in [0.25, 0.3) is 0 Å². The fraction of sp³-hybridized carbons (Fsp3) is 0.412. The molecule has 1 saturated heterocycles. The van der Waals surface area contributed by atoms with Gasteiger partial charge in [0.15, 0.2) is 5.11 Å². The summed E-state index contributed by atoms with van der Waals surface area (Å²) in [7, 11) is 1.83. The smallest absolute Gasteiger partial charge is 0.254 e. The predicted octanol–water partition coefficient (Wildman–Crippen LogP) is 1.82. The van der Waals surface area contributed by atoms with Gasteiger partial charge in [-0.15, -0.1) is 0 Å². The lowest BCUT2D eigenvalue weighted by atomic mass is 9.94. The van der Waals surface area contributed by atoms with Crippen LogP contribution in [0.4, 0.5) is 4.39 Å². The highest BCUT2D eigenvalue weighted by Gasteiger charge is 2.35. The fourth-order valence-corrected chi connectivity index (χ4v) is 3.21. The largest absolute Gasteiger partial charge is 0.378 e. The van der Waals surface area contributed by atoms with Gasteiger partial charge < -0.3 is 19.9 Å². The number of thiocarbonyl (C=S) groups is 1. The minimum absolute atomic E-state index is 0.0352. The molecule has 2 aliphatic rings. The molecule has 1 amide bonds. The number of nitrogens with zero attached hydrogens (tertiary/aromatic N) is 2. The van der Waals surface area contributed by atoms with Crippen LogP contribution in [0.15, 0.2) is 35.5 Å². The molecule has 0 unspecified atom stereocenters. The van der Waals surface area contributed by atoms with Crippen LogP contribution in [0.2, 0.25) is 0 Å². The number of amides is 1. The third-order valence-electron chi connectivity index (χ3n) is 4.49. The molecule has 1 fully saturated rings. The molecular weight excluding hydrogens is 329 g/mol. The number of carbonyl (C=O) groups excluding carboxylic acids is 1. The maximum Gasteiger partial charge on any atom is 0.254 e. The van der Waals surface area contributed by atoms with E-state index in [1.54, 1.807) is 21.9 Å². The first kappa shape index (κ1) is 16.9. The predicted molar refractivity (Wildman–Crippen MR) is 92.7 cm³/mol. The van der Waals surface area contributed by atoms with E-state index in [9.17, 15) is 9.18 Å². The van der Waals surface area contributed by atoms with E-state index in [1.807, 2.05) is 14.0 Å². The first-order valence-electron chi connectivity index (χ1n) is 7.86. The van der Waals surface area contributed by atoms with Crippen molar-refractivity contribution in [3.05, 3.63) is 46.9 Å². The number of allylic oxidation sites excluding steroid dienone is 1. The highest BCUT2D eigenvalue weighted by atomic mass is 32.1. The summed E-state index contributed by atoms with van der Waals surface area (Å²) in [5.74, 6) is -0.344. The quantitative estimate of drug-likeness (QED) is 0.825. The highest BCUT2D eigenvalue weighted by Crippen LogP contribution is 2.31. The Balaban J connectivity index is 2.00. The maximum absolute atomic E-state index is 13.3. The lowest BCUT2D eigenvalue weighted by molar-refractivity contribution is -0.131. The van der Waals surface area contributed by atoms with Gasteiger partial charge in [0.25, 0.3) is 5.91 Å². The third-order valence-corrected chi connectivity index (χ3v) is 4.88. The van der Waals surface area contributed by atoms with Crippen LogP contribution in [0.1, 0.15) is 18.5 Å². The van der Waals surface area contributed by atoms with E-state index in [0.29, 0.717) is 37.0 Å². The molecule has 0 aromatic heterocycles. The first-order valence-corrected chi connectivity index (χ1v) is 8.27. The van der Waals surface area contributed by atoms with E-state index in [4.69, 9.17) is 17.0 Å². The molecule has 2 aliphatic heterocycles. The molecule has 0 bridgehead atoms. The van der Waals surface area contributed by atoms with Crippen molar-refractivity contribution < 1.29 is 13.9 Å². The fourth-order valence-electron chi connectivity index (χ4n) is 2.95. The van der Waals surface area contributed by atoms with Crippen LogP contribution in [0, 0.1) is 5.82 Å². The van der Waals surface area contributed by atoms with Crippen LogP contribution in [-0.2, 0) is 9.53 Å². The average molecular weight is 349 g/mol. The highest BCUT2D eigenvalue weighted by molar-refractivity contribution is 7.80. The Morgan fingerprint density at radius 1 is 1.29 bits per heavy atom. The van der Waals surface area contributed by atoms with Crippen molar-refractivity contribution in [1.82, 2.24) is 15.1 Å². The van der Waals surface area contributed by atoms with E-state index in [2.05, 4.69) is 5.32 Å². The number of halogens is 1. The van der Waals surface area contributed by atoms with Gasteiger partial charge in [-0.3, -0.25) is 4.79 Å². The standard InChI is InChI=1S/C17H20FN3O2S/c1-11-14(16(22)21-7-9-23-10-8-21)15(19-17(24)20(11)2)12-3-5-13(18)6-4-12/h3-6,15H,7-10H2,1-2H3,(H,19,24)/t15-/m0/s1. The van der Waals surface area contributed by atoms with Crippen molar-refractivity contribution in [3.63, 3.8) is 0 Å². The number of nitrogens with one attached hydrogen (secondary N) is 1. The second-order valence-electron chi connectivity index (χ2n) is 5.90. The molecule has 128 valence electrons. The van der Waals surface area contributed by atoms with Gasteiger partial charge in [-0.05, 0) is 36.8 Å². The number of ether oxygens (including phenoxy) is 1. The van der Waals surface area contributed by atoms with Gasteiger partial charge in [0.2, 0.25) is 0 Å². The summed E-state index contributed by atoms with van der Waals surface area (Å²) < 4.78 is 18.6. The maximum atomic E-state index is 13.3. The van der Waals surface area contributed by atoms with E-state index >= 15 is 0 Å². The zero-order valence-corrected chi connectivity index (χ0v) is 14.5. The number of carbonyl (C=O) groups is 1. The number of morpholine rings is 1. The van der Waals surface area contributed by atoms with E-state index in [1.165, 1.54) is 12.1 Å². The summed E-state index contributed by atoms with van der Waals surface area (Å²) in [5, 5.41) is 3.74. The van der Waals surface area contributed by atoms with Crippen molar-refractivity contribution >= 4 is 23.2 Å². The van der Waals surface area contributed by atoms with Gasteiger partial charge in [0.1, 0.15) is 5.82 Å². The second kappa shape index (κ2) is 6.86. The topological polar surface area (TPSA) is 44.8 Å². The van der Waals surface area contributed by atoms with Crippen LogP contribution in [0.3, 0.4) is 0 Å². The Labute approximate surface area is 146 Å².